The van der Waals surface area contributed by atoms with E-state index in [0.717, 1.165) is 0 Å². The monoisotopic (exact) mass is 247 g/mol. The third-order valence-electron chi connectivity index (χ3n) is 2.70. The quantitative estimate of drug-likeness (QED) is 0.858. The number of nitrogens with one attached hydrogen (secondary N) is 2. The molecule has 5 nitrogen and oxygen atoms in total. The number of amides is 2. The van der Waals surface area contributed by atoms with Gasteiger partial charge in [-0.25, -0.2) is 4.79 Å². The molecule has 0 fully saturated rings. The molecule has 2 N–H and O–H groups in total. The zero-order valence-corrected chi connectivity index (χ0v) is 10.8. The van der Waals surface area contributed by atoms with Gasteiger partial charge in [0, 0.05) is 0 Å². The normalized spacial score (nSPS) is 13.0. The van der Waals surface area contributed by atoms with Gasteiger partial charge in [-0.15, -0.1) is 0 Å². The summed E-state index contributed by atoms with van der Waals surface area (Å²) in [5, 5.41) is 14.3. The standard InChI is InChI=1S/C13H17N3O2/c1-4-13(2,9-14)16-12(17)15-10-7-5-6-8-11(10)18-3/h5-8H,4H2,1-3H3,(H2,15,16,17). The van der Waals surface area contributed by atoms with Crippen molar-refractivity contribution in [3.63, 3.8) is 0 Å². The first-order valence-electron chi connectivity index (χ1n) is 5.68. The van der Waals surface area contributed by atoms with Gasteiger partial charge in [0.1, 0.15) is 11.3 Å². The maximum absolute atomic E-state index is 11.8. The molecule has 0 aliphatic rings. The van der Waals surface area contributed by atoms with E-state index < -0.39 is 11.6 Å². The van der Waals surface area contributed by atoms with Gasteiger partial charge < -0.3 is 15.4 Å². The zero-order valence-electron chi connectivity index (χ0n) is 10.8. The van der Waals surface area contributed by atoms with E-state index >= 15 is 0 Å². The van der Waals surface area contributed by atoms with Crippen LogP contribution in [0.25, 0.3) is 0 Å². The number of carbonyl (C=O) groups excluding carboxylic acids is 1. The highest BCUT2D eigenvalue weighted by Crippen LogP contribution is 2.23. The summed E-state index contributed by atoms with van der Waals surface area (Å²) in [7, 11) is 1.53. The van der Waals surface area contributed by atoms with Crippen LogP contribution < -0.4 is 15.4 Å². The number of methoxy groups -OCH3 is 1. The van der Waals surface area contributed by atoms with E-state index in [1.807, 2.05) is 13.0 Å². The van der Waals surface area contributed by atoms with E-state index in [1.165, 1.54) is 7.11 Å². The molecule has 0 bridgehead atoms. The SMILES string of the molecule is CCC(C)(C#N)NC(=O)Nc1ccccc1OC. The molecule has 1 aromatic rings. The van der Waals surface area contributed by atoms with Crippen LogP contribution in [0, 0.1) is 11.3 Å². The van der Waals surface area contributed by atoms with Crippen molar-refractivity contribution < 1.29 is 9.53 Å². The van der Waals surface area contributed by atoms with Crippen LogP contribution in [-0.4, -0.2) is 18.7 Å². The van der Waals surface area contributed by atoms with Gasteiger partial charge in [-0.2, -0.15) is 5.26 Å². The molecule has 0 saturated carbocycles. The van der Waals surface area contributed by atoms with Gasteiger partial charge >= 0.3 is 6.03 Å². The Morgan fingerprint density at radius 3 is 2.72 bits per heavy atom. The fourth-order valence-corrected chi connectivity index (χ4v) is 1.35. The van der Waals surface area contributed by atoms with E-state index in [2.05, 4.69) is 16.7 Å². The molecule has 0 heterocycles. The fraction of sp³-hybridized carbons (Fsp3) is 0.385. The number of rotatable bonds is 4. The molecule has 0 aromatic heterocycles. The van der Waals surface area contributed by atoms with Gasteiger partial charge in [-0.3, -0.25) is 0 Å². The molecular weight excluding hydrogens is 230 g/mol. The lowest BCUT2D eigenvalue weighted by molar-refractivity contribution is 0.244. The van der Waals surface area contributed by atoms with Crippen molar-refractivity contribution in [2.45, 2.75) is 25.8 Å². The van der Waals surface area contributed by atoms with Gasteiger partial charge in [-0.05, 0) is 25.5 Å². The summed E-state index contributed by atoms with van der Waals surface area (Å²) in [5.41, 5.74) is -0.305. The number of nitrogens with zero attached hydrogens (tertiary/aromatic N) is 1. The van der Waals surface area contributed by atoms with Crippen LogP contribution in [-0.2, 0) is 0 Å². The van der Waals surface area contributed by atoms with Crippen molar-refractivity contribution >= 4 is 11.7 Å². The third kappa shape index (κ3) is 3.39. The van der Waals surface area contributed by atoms with Crippen molar-refractivity contribution in [1.29, 1.82) is 5.26 Å². The second kappa shape index (κ2) is 5.92. The molecule has 0 radical (unpaired) electrons. The number of anilines is 1. The minimum absolute atomic E-state index is 0.426. The summed E-state index contributed by atoms with van der Waals surface area (Å²) < 4.78 is 5.12. The topological polar surface area (TPSA) is 74.2 Å². The Kier molecular flexibility index (Phi) is 4.55. The van der Waals surface area contributed by atoms with E-state index in [0.29, 0.717) is 17.9 Å². The molecule has 1 unspecified atom stereocenters. The molecule has 0 spiro atoms. The lowest BCUT2D eigenvalue weighted by atomic mass is 10.0. The number of nitriles is 1. The molecule has 1 rings (SSSR count). The molecule has 1 aromatic carbocycles. The van der Waals surface area contributed by atoms with Gasteiger partial charge in [0.25, 0.3) is 0 Å². The van der Waals surface area contributed by atoms with Crippen LogP contribution in [0.1, 0.15) is 20.3 Å². The Morgan fingerprint density at radius 1 is 1.50 bits per heavy atom. The van der Waals surface area contributed by atoms with E-state index in [-0.39, 0.29) is 0 Å². The number of hydrogen-bond donors (Lipinski definition) is 2. The van der Waals surface area contributed by atoms with Gasteiger partial charge in [0.15, 0.2) is 0 Å². The minimum Gasteiger partial charge on any atom is -0.495 e. The average molecular weight is 247 g/mol. The maximum atomic E-state index is 11.8. The van der Waals surface area contributed by atoms with Crippen LogP contribution in [0.2, 0.25) is 0 Å². The average Bonchev–Trinajstić information content (AvgIpc) is 2.39. The highest BCUT2D eigenvalue weighted by molar-refractivity contribution is 5.91. The van der Waals surface area contributed by atoms with Gasteiger partial charge in [0.2, 0.25) is 0 Å². The van der Waals surface area contributed by atoms with E-state index in [9.17, 15) is 4.79 Å². The summed E-state index contributed by atoms with van der Waals surface area (Å²) in [6.45, 7) is 3.52. The summed E-state index contributed by atoms with van der Waals surface area (Å²) in [5.74, 6) is 0.572. The lowest BCUT2D eigenvalue weighted by Gasteiger charge is -2.21. The molecule has 1 atom stereocenters. The maximum Gasteiger partial charge on any atom is 0.320 e. The summed E-state index contributed by atoms with van der Waals surface area (Å²) in [4.78, 5) is 11.8. The van der Waals surface area contributed by atoms with Crippen molar-refractivity contribution in [2.75, 3.05) is 12.4 Å². The largest absolute Gasteiger partial charge is 0.495 e. The summed E-state index contributed by atoms with van der Waals surface area (Å²) in [6.07, 6.45) is 0.531. The second-order valence-electron chi connectivity index (χ2n) is 4.08. The zero-order chi connectivity index (χ0) is 13.6. The predicted molar refractivity (Wildman–Crippen MR) is 69.5 cm³/mol. The Hall–Kier alpha value is -2.22. The van der Waals surface area contributed by atoms with Crippen LogP contribution in [0.15, 0.2) is 24.3 Å². The minimum atomic E-state index is -0.869. The fourth-order valence-electron chi connectivity index (χ4n) is 1.35. The number of benzene rings is 1. The Bertz CT molecular complexity index is 468. The first kappa shape index (κ1) is 13.8. The molecule has 0 aliphatic carbocycles. The van der Waals surface area contributed by atoms with Gasteiger partial charge in [-0.1, -0.05) is 19.1 Å². The Balaban J connectivity index is 2.74. The number of para-hydroxylation sites is 2. The first-order chi connectivity index (χ1) is 8.54. The van der Waals surface area contributed by atoms with Crippen molar-refractivity contribution in [1.82, 2.24) is 5.32 Å². The Labute approximate surface area is 107 Å². The molecule has 0 aliphatic heterocycles. The van der Waals surface area contributed by atoms with Gasteiger partial charge in [0.05, 0.1) is 18.9 Å². The predicted octanol–water partition coefficient (Wildman–Crippen LogP) is 2.51. The van der Waals surface area contributed by atoms with Crippen LogP contribution in [0.5, 0.6) is 5.75 Å². The molecule has 0 saturated heterocycles. The number of ether oxygens (including phenoxy) is 1. The highest BCUT2D eigenvalue weighted by atomic mass is 16.5. The first-order valence-corrected chi connectivity index (χ1v) is 5.68. The summed E-state index contributed by atoms with van der Waals surface area (Å²) in [6, 6.07) is 8.73. The molecule has 18 heavy (non-hydrogen) atoms. The van der Waals surface area contributed by atoms with Crippen LogP contribution >= 0.6 is 0 Å². The molecule has 96 valence electrons. The van der Waals surface area contributed by atoms with Crippen molar-refractivity contribution in [2.24, 2.45) is 0 Å². The smallest absolute Gasteiger partial charge is 0.320 e. The number of hydrogen-bond acceptors (Lipinski definition) is 3. The second-order valence-corrected chi connectivity index (χ2v) is 4.08. The van der Waals surface area contributed by atoms with Crippen LogP contribution in [0.3, 0.4) is 0 Å². The molecule has 5 heteroatoms. The molecular formula is C13H17N3O2. The number of urea groups is 1. The van der Waals surface area contributed by atoms with Crippen molar-refractivity contribution in [3.8, 4) is 11.8 Å². The van der Waals surface area contributed by atoms with E-state index in [1.54, 1.807) is 25.1 Å². The number of carbonyl (C=O) groups is 1. The van der Waals surface area contributed by atoms with Crippen molar-refractivity contribution in [3.05, 3.63) is 24.3 Å². The highest BCUT2D eigenvalue weighted by Gasteiger charge is 2.23. The third-order valence-corrected chi connectivity index (χ3v) is 2.70. The van der Waals surface area contributed by atoms with E-state index in [4.69, 9.17) is 10.00 Å². The summed E-state index contributed by atoms with van der Waals surface area (Å²) >= 11 is 0. The Morgan fingerprint density at radius 2 is 2.17 bits per heavy atom. The van der Waals surface area contributed by atoms with Crippen LogP contribution in [0.4, 0.5) is 10.5 Å². The molecule has 2 amide bonds. The lowest BCUT2D eigenvalue weighted by Crippen LogP contribution is -2.46.